The zero-order valence-electron chi connectivity index (χ0n) is 22.2. The van der Waals surface area contributed by atoms with Crippen LogP contribution in [0.25, 0.3) is 0 Å². The monoisotopic (exact) mass is 592 g/mol. The molecule has 0 bridgehead atoms. The van der Waals surface area contributed by atoms with Gasteiger partial charge in [-0.25, -0.2) is 0 Å². The van der Waals surface area contributed by atoms with E-state index >= 15 is 0 Å². The minimum atomic E-state index is -1.16. The predicted molar refractivity (Wildman–Crippen MR) is 145 cm³/mol. The van der Waals surface area contributed by atoms with Gasteiger partial charge in [0.05, 0.1) is 0 Å². The van der Waals surface area contributed by atoms with Gasteiger partial charge in [0.2, 0.25) is 0 Å². The van der Waals surface area contributed by atoms with E-state index < -0.39 is 35.9 Å². The molecule has 1 saturated heterocycles. The molecule has 9 nitrogen and oxygen atoms in total. The maximum atomic E-state index is 13.3. The first-order chi connectivity index (χ1) is 18.0. The Labute approximate surface area is 229 Å². The molecular formula is C28H36N2O7Se. The fraction of sp³-hybridized carbons (Fsp3) is 0.500. The quantitative estimate of drug-likeness (QED) is 0.197. The van der Waals surface area contributed by atoms with E-state index in [-0.39, 0.29) is 31.5 Å². The van der Waals surface area contributed by atoms with Crippen molar-refractivity contribution < 1.29 is 29.1 Å². The van der Waals surface area contributed by atoms with Crippen molar-refractivity contribution in [1.29, 1.82) is 0 Å². The Kier molecular flexibility index (Phi) is 10.2. The first-order valence-corrected chi connectivity index (χ1v) is 14.9. The van der Waals surface area contributed by atoms with Gasteiger partial charge in [0, 0.05) is 0 Å². The van der Waals surface area contributed by atoms with E-state index in [1.165, 1.54) is 11.0 Å². The van der Waals surface area contributed by atoms with Crippen LogP contribution in [0.15, 0.2) is 54.6 Å². The molecule has 206 valence electrons. The summed E-state index contributed by atoms with van der Waals surface area (Å²) in [6.45, 7) is 7.08. The van der Waals surface area contributed by atoms with Crippen LogP contribution in [-0.2, 0) is 9.53 Å². The number of carbonyl (C=O) groups is 2. The molecular weight excluding hydrogens is 555 g/mol. The van der Waals surface area contributed by atoms with Crippen LogP contribution in [0, 0.1) is 16.0 Å². The van der Waals surface area contributed by atoms with Crippen molar-refractivity contribution in [2.24, 2.45) is 5.92 Å². The zero-order chi connectivity index (χ0) is 27.9. The molecule has 1 amide bonds. The molecule has 3 rings (SSSR count). The van der Waals surface area contributed by atoms with Crippen molar-refractivity contribution in [3.8, 4) is 5.75 Å². The number of rotatable bonds is 8. The van der Waals surface area contributed by atoms with E-state index in [2.05, 4.69) is 0 Å². The Hall–Kier alpha value is -3.10. The molecule has 0 spiro atoms. The molecule has 1 N–H and O–H groups in total. The number of ether oxygens (including phenoxy) is 2. The number of hydrogen-bond acceptors (Lipinski definition) is 6. The van der Waals surface area contributed by atoms with Crippen LogP contribution in [0.5, 0.6) is 5.75 Å². The van der Waals surface area contributed by atoms with Gasteiger partial charge in [-0.3, -0.25) is 0 Å². The third kappa shape index (κ3) is 7.71. The van der Waals surface area contributed by atoms with Crippen LogP contribution in [-0.4, -0.2) is 65.7 Å². The molecule has 38 heavy (non-hydrogen) atoms. The van der Waals surface area contributed by atoms with Gasteiger partial charge in [0.25, 0.3) is 0 Å². The second-order valence-electron chi connectivity index (χ2n) is 10.4. The first-order valence-electron chi connectivity index (χ1n) is 12.8. The Balaban J connectivity index is 1.84. The van der Waals surface area contributed by atoms with E-state index in [0.29, 0.717) is 25.0 Å². The van der Waals surface area contributed by atoms with Crippen LogP contribution in [0.4, 0.5) is 10.5 Å². The summed E-state index contributed by atoms with van der Waals surface area (Å²) in [5.41, 5.74) is -0.640. The normalized spacial score (nSPS) is 22.4. The van der Waals surface area contributed by atoms with Crippen LogP contribution in [0.3, 0.4) is 0 Å². The van der Waals surface area contributed by atoms with E-state index in [4.69, 9.17) is 9.47 Å². The molecule has 0 radical (unpaired) electrons. The summed E-state index contributed by atoms with van der Waals surface area (Å²) in [6.07, 6.45) is 0.171. The SMILES string of the molecule is C[C@@H]1OC(=O)[C@@H](N(C(=O)O)C(C)(C)C)CCC[C@H](CC[Se]c2ccccc2[N+](=O)[O-])[C@H]1Oc1ccccc1. The molecule has 2 aromatic rings. The molecule has 1 fully saturated rings. The van der Waals surface area contributed by atoms with Crippen LogP contribution < -0.4 is 9.20 Å². The van der Waals surface area contributed by atoms with Crippen molar-refractivity contribution in [3.63, 3.8) is 0 Å². The Morgan fingerprint density at radius 3 is 2.45 bits per heavy atom. The molecule has 0 aliphatic carbocycles. The Morgan fingerprint density at radius 1 is 1.16 bits per heavy atom. The molecule has 1 heterocycles. The molecule has 0 aromatic heterocycles. The number of nitro groups is 1. The summed E-state index contributed by atoms with van der Waals surface area (Å²) < 4.78 is 13.0. The predicted octanol–water partition coefficient (Wildman–Crippen LogP) is 5.06. The van der Waals surface area contributed by atoms with Gasteiger partial charge < -0.3 is 0 Å². The fourth-order valence-electron chi connectivity index (χ4n) is 4.90. The van der Waals surface area contributed by atoms with Crippen molar-refractivity contribution in [2.75, 3.05) is 0 Å². The van der Waals surface area contributed by atoms with Gasteiger partial charge in [0.1, 0.15) is 0 Å². The average Bonchev–Trinajstić information content (AvgIpc) is 2.89. The number of para-hydroxylation sites is 2. The maximum absolute atomic E-state index is 13.3. The number of esters is 1. The van der Waals surface area contributed by atoms with Gasteiger partial charge in [-0.05, 0) is 0 Å². The number of cyclic esters (lactones) is 1. The molecule has 1 aliphatic rings. The van der Waals surface area contributed by atoms with Crippen LogP contribution >= 0.6 is 0 Å². The summed E-state index contributed by atoms with van der Waals surface area (Å²) in [4.78, 5) is 37.7. The van der Waals surface area contributed by atoms with Crippen molar-refractivity contribution in [1.82, 2.24) is 4.90 Å². The first kappa shape index (κ1) is 29.5. The van der Waals surface area contributed by atoms with Crippen molar-refractivity contribution >= 4 is 37.2 Å². The number of carbonyl (C=O) groups excluding carboxylic acids is 1. The van der Waals surface area contributed by atoms with Gasteiger partial charge in [-0.2, -0.15) is 0 Å². The Morgan fingerprint density at radius 2 is 1.82 bits per heavy atom. The number of amides is 1. The molecule has 1 aliphatic heterocycles. The fourth-order valence-corrected chi connectivity index (χ4v) is 7.22. The third-order valence-corrected chi connectivity index (χ3v) is 8.92. The topological polar surface area (TPSA) is 119 Å². The molecule has 4 atom stereocenters. The molecule has 0 saturated carbocycles. The summed E-state index contributed by atoms with van der Waals surface area (Å²) >= 11 is -0.117. The second-order valence-corrected chi connectivity index (χ2v) is 12.8. The van der Waals surface area contributed by atoms with Crippen LogP contribution in [0.1, 0.15) is 53.4 Å². The Bertz CT molecular complexity index is 1110. The third-order valence-electron chi connectivity index (χ3n) is 6.62. The summed E-state index contributed by atoms with van der Waals surface area (Å²) in [5.74, 6) is 0.0998. The van der Waals surface area contributed by atoms with Gasteiger partial charge in [0.15, 0.2) is 0 Å². The summed E-state index contributed by atoms with van der Waals surface area (Å²) in [7, 11) is 0. The number of carboxylic acid groups (broad SMARTS) is 1. The number of nitrogens with zero attached hydrogens (tertiary/aromatic N) is 2. The van der Waals surface area contributed by atoms with E-state index in [1.807, 2.05) is 36.4 Å². The number of hydrogen-bond donors (Lipinski definition) is 1. The minimum absolute atomic E-state index is 0.00862. The molecule has 0 unspecified atom stereocenters. The van der Waals surface area contributed by atoms with Crippen LogP contribution in [0.2, 0.25) is 5.32 Å². The van der Waals surface area contributed by atoms with Crippen molar-refractivity contribution in [2.45, 2.75) is 82.5 Å². The second kappa shape index (κ2) is 13.1. The van der Waals surface area contributed by atoms with E-state index in [1.54, 1.807) is 39.8 Å². The van der Waals surface area contributed by atoms with E-state index in [0.717, 1.165) is 16.2 Å². The van der Waals surface area contributed by atoms with Crippen molar-refractivity contribution in [3.05, 3.63) is 64.7 Å². The van der Waals surface area contributed by atoms with Gasteiger partial charge >= 0.3 is 230 Å². The number of nitro benzene ring substituents is 1. The standard InChI is InChI=1S/C28H36N2O7Se/c1-19-25(37-21-12-6-5-7-13-21)20(17-18-38-24-16-9-8-14-22(24)30(34)35)11-10-15-23(26(31)36-19)29(27(32)33)28(2,3)4/h5-9,12-14,16,19-20,23,25H,10-11,15,17-18H2,1-4H3,(H,32,33)/t19-,20+,23-,25-/m0/s1. The van der Waals surface area contributed by atoms with Gasteiger partial charge in [-0.15, -0.1) is 0 Å². The number of benzene rings is 2. The van der Waals surface area contributed by atoms with Gasteiger partial charge in [-0.1, -0.05) is 0 Å². The summed E-state index contributed by atoms with van der Waals surface area (Å²) in [6, 6.07) is 15.3. The molecule has 10 heteroatoms. The van der Waals surface area contributed by atoms with E-state index in [9.17, 15) is 24.8 Å². The zero-order valence-corrected chi connectivity index (χ0v) is 24.0. The molecule has 2 aromatic carbocycles. The average molecular weight is 592 g/mol. The summed E-state index contributed by atoms with van der Waals surface area (Å²) in [5, 5.41) is 22.1.